The monoisotopic (exact) mass is 289 g/mol. The van der Waals surface area contributed by atoms with Crippen molar-refractivity contribution in [1.82, 2.24) is 10.4 Å². The van der Waals surface area contributed by atoms with Crippen molar-refractivity contribution in [3.8, 4) is 0 Å². The number of carboxylic acids is 1. The van der Waals surface area contributed by atoms with Gasteiger partial charge in [-0.25, -0.2) is 15.6 Å². The fraction of sp³-hybridized carbons (Fsp3) is 0. The molecule has 2 aromatic rings. The van der Waals surface area contributed by atoms with E-state index in [1.807, 2.05) is 0 Å². The normalized spacial score (nSPS) is 11.3. The summed E-state index contributed by atoms with van der Waals surface area (Å²) < 4.78 is 0. The van der Waals surface area contributed by atoms with Gasteiger partial charge in [0.2, 0.25) is 0 Å². The average molecular weight is 289 g/mol. The molecule has 0 bridgehead atoms. The molecule has 0 saturated heterocycles. The van der Waals surface area contributed by atoms with Gasteiger partial charge in [-0.1, -0.05) is 30.4 Å². The Labute approximate surface area is 119 Å². The Hall–Kier alpha value is -2.58. The van der Waals surface area contributed by atoms with Gasteiger partial charge in [0, 0.05) is 5.39 Å². The maximum atomic E-state index is 11.3. The number of pyridine rings is 1. The number of aromatic nitrogens is 1. The number of carboxylic acid groups (broad SMARTS) is 1. The van der Waals surface area contributed by atoms with Crippen molar-refractivity contribution in [3.05, 3.63) is 41.6 Å². The van der Waals surface area contributed by atoms with Gasteiger partial charge in [-0.2, -0.15) is 5.10 Å². The van der Waals surface area contributed by atoms with E-state index in [9.17, 15) is 9.90 Å². The van der Waals surface area contributed by atoms with Crippen LogP contribution in [0.25, 0.3) is 10.9 Å². The fourth-order valence-electron chi connectivity index (χ4n) is 1.78. The van der Waals surface area contributed by atoms with Crippen LogP contribution in [0.15, 0.2) is 35.4 Å². The number of hydrogen-bond donors (Lipinski definition) is 4. The van der Waals surface area contributed by atoms with Crippen LogP contribution in [-0.4, -0.2) is 26.8 Å². The zero-order valence-corrected chi connectivity index (χ0v) is 11.0. The quantitative estimate of drug-likeness (QED) is 0.278. The summed E-state index contributed by atoms with van der Waals surface area (Å²) in [5.41, 5.74) is 3.20. The molecule has 0 fully saturated rings. The van der Waals surface area contributed by atoms with Crippen molar-refractivity contribution in [2.75, 3.05) is 0 Å². The molecule has 1 heterocycles. The van der Waals surface area contributed by atoms with Gasteiger partial charge in [0.15, 0.2) is 0 Å². The minimum atomic E-state index is -1.08. The van der Waals surface area contributed by atoms with Gasteiger partial charge in [-0.05, 0) is 12.1 Å². The van der Waals surface area contributed by atoms with E-state index in [2.05, 4.69) is 15.5 Å². The Balaban J connectivity index is 2.73. The van der Waals surface area contributed by atoms with Crippen molar-refractivity contribution >= 4 is 39.8 Å². The van der Waals surface area contributed by atoms with E-state index in [4.69, 9.17) is 23.9 Å². The van der Waals surface area contributed by atoms with Gasteiger partial charge >= 0.3 is 5.97 Å². The number of fused-ring (bicyclic) bond motifs is 1. The molecule has 0 atom stereocenters. The van der Waals surface area contributed by atoms with Crippen LogP contribution in [0.5, 0.6) is 0 Å². The van der Waals surface area contributed by atoms with Crippen LogP contribution < -0.4 is 17.1 Å². The molecule has 0 amide bonds. The molecule has 0 aliphatic rings. The van der Waals surface area contributed by atoms with Gasteiger partial charge in [0.25, 0.3) is 0 Å². The third-order valence-corrected chi connectivity index (χ3v) is 2.98. The van der Waals surface area contributed by atoms with Crippen LogP contribution in [0.3, 0.4) is 0 Å². The number of aromatic carboxylic acids is 1. The molecule has 0 saturated carbocycles. The fourth-order valence-corrected chi connectivity index (χ4v) is 1.94. The highest BCUT2D eigenvalue weighted by molar-refractivity contribution is 7.82. The van der Waals surface area contributed by atoms with Crippen LogP contribution in [0.4, 0.5) is 0 Å². The summed E-state index contributed by atoms with van der Waals surface area (Å²) in [5, 5.41) is 13.3. The van der Waals surface area contributed by atoms with E-state index in [1.54, 1.807) is 24.3 Å². The SMILES string of the molecule is N/N=C(/C(=S)NN)c1cc(C(=O)O)c2ccccc2n1. The maximum absolute atomic E-state index is 11.3. The Kier molecular flexibility index (Phi) is 3.87. The molecular weight excluding hydrogens is 278 g/mol. The summed E-state index contributed by atoms with van der Waals surface area (Å²) >= 11 is 4.96. The molecule has 7 nitrogen and oxygen atoms in total. The van der Waals surface area contributed by atoms with Crippen molar-refractivity contribution in [3.63, 3.8) is 0 Å². The lowest BCUT2D eigenvalue weighted by molar-refractivity contribution is 0.0699. The van der Waals surface area contributed by atoms with Gasteiger partial charge < -0.3 is 16.4 Å². The van der Waals surface area contributed by atoms with Crippen LogP contribution in [-0.2, 0) is 0 Å². The Bertz CT molecular complexity index is 729. The Morgan fingerprint density at radius 1 is 1.40 bits per heavy atom. The molecule has 0 spiro atoms. The average Bonchev–Trinajstić information content (AvgIpc) is 2.46. The number of carbonyl (C=O) groups is 1. The molecule has 1 aromatic heterocycles. The van der Waals surface area contributed by atoms with E-state index >= 15 is 0 Å². The lowest BCUT2D eigenvalue weighted by atomic mass is 10.1. The first-order valence-corrected chi connectivity index (χ1v) is 5.91. The largest absolute Gasteiger partial charge is 0.478 e. The zero-order chi connectivity index (χ0) is 14.7. The molecule has 8 heteroatoms. The van der Waals surface area contributed by atoms with E-state index in [1.165, 1.54) is 6.07 Å². The van der Waals surface area contributed by atoms with Gasteiger partial charge in [-0.3, -0.25) is 0 Å². The highest BCUT2D eigenvalue weighted by atomic mass is 32.1. The Morgan fingerprint density at radius 3 is 2.70 bits per heavy atom. The number of benzene rings is 1. The van der Waals surface area contributed by atoms with Crippen molar-refractivity contribution in [2.45, 2.75) is 0 Å². The van der Waals surface area contributed by atoms with E-state index in [-0.39, 0.29) is 22.0 Å². The molecular formula is C12H11N5O2S. The first-order chi connectivity index (χ1) is 9.58. The lowest BCUT2D eigenvalue weighted by Crippen LogP contribution is -2.36. The summed E-state index contributed by atoms with van der Waals surface area (Å²) in [6, 6.07) is 8.22. The lowest BCUT2D eigenvalue weighted by Gasteiger charge is -2.09. The molecule has 0 aliphatic carbocycles. The number of hydrazone groups is 1. The molecule has 102 valence electrons. The third-order valence-electron chi connectivity index (χ3n) is 2.66. The number of nitrogens with two attached hydrogens (primary N) is 2. The maximum Gasteiger partial charge on any atom is 0.336 e. The smallest absolute Gasteiger partial charge is 0.336 e. The van der Waals surface area contributed by atoms with Crippen LogP contribution in [0.2, 0.25) is 0 Å². The van der Waals surface area contributed by atoms with E-state index in [0.717, 1.165) is 0 Å². The predicted molar refractivity (Wildman–Crippen MR) is 79.3 cm³/mol. The molecule has 0 unspecified atom stereocenters. The number of nitrogens with one attached hydrogen (secondary N) is 1. The number of rotatable bonds is 3. The number of hydrazine groups is 1. The summed E-state index contributed by atoms with van der Waals surface area (Å²) in [6.07, 6.45) is 0. The zero-order valence-electron chi connectivity index (χ0n) is 10.2. The molecule has 1 aromatic carbocycles. The van der Waals surface area contributed by atoms with E-state index < -0.39 is 5.97 Å². The van der Waals surface area contributed by atoms with Crippen molar-refractivity contribution in [2.24, 2.45) is 16.8 Å². The highest BCUT2D eigenvalue weighted by Gasteiger charge is 2.17. The number of nitrogens with zero attached hydrogens (tertiary/aromatic N) is 2. The number of thiocarbonyl (C=S) groups is 1. The van der Waals surface area contributed by atoms with Crippen LogP contribution >= 0.6 is 12.2 Å². The highest BCUT2D eigenvalue weighted by Crippen LogP contribution is 2.19. The van der Waals surface area contributed by atoms with Gasteiger partial charge in [0.1, 0.15) is 10.7 Å². The van der Waals surface area contributed by atoms with Gasteiger partial charge in [-0.15, -0.1) is 0 Å². The van der Waals surface area contributed by atoms with Crippen LogP contribution in [0, 0.1) is 0 Å². The summed E-state index contributed by atoms with van der Waals surface area (Å²) in [4.78, 5) is 15.7. The first-order valence-electron chi connectivity index (χ1n) is 5.50. The van der Waals surface area contributed by atoms with Gasteiger partial charge in [0.05, 0.1) is 16.8 Å². The van der Waals surface area contributed by atoms with Crippen LogP contribution in [0.1, 0.15) is 16.1 Å². The number of hydrogen-bond acceptors (Lipinski definition) is 6. The first kappa shape index (κ1) is 13.8. The second kappa shape index (κ2) is 5.59. The summed E-state index contributed by atoms with van der Waals surface area (Å²) in [5.74, 6) is 9.42. The van der Waals surface area contributed by atoms with Crippen molar-refractivity contribution < 1.29 is 9.90 Å². The Morgan fingerprint density at radius 2 is 2.10 bits per heavy atom. The molecule has 6 N–H and O–H groups in total. The second-order valence-corrected chi connectivity index (χ2v) is 4.24. The minimum absolute atomic E-state index is 0.0756. The molecule has 0 aliphatic heterocycles. The standard InChI is InChI=1S/C12H11N5O2S/c13-16-10(11(20)17-14)9-5-7(12(18)19)6-3-1-2-4-8(6)15-9/h1-5H,13-14H2,(H,17,20)(H,18,19)/b16-10+. The third kappa shape index (κ3) is 2.42. The summed E-state index contributed by atoms with van der Waals surface area (Å²) in [7, 11) is 0. The topological polar surface area (TPSA) is 127 Å². The minimum Gasteiger partial charge on any atom is -0.478 e. The molecule has 2 rings (SSSR count). The predicted octanol–water partition coefficient (Wildman–Crippen LogP) is 0.387. The molecule has 0 radical (unpaired) electrons. The van der Waals surface area contributed by atoms with E-state index in [0.29, 0.717) is 10.9 Å². The van der Waals surface area contributed by atoms with Crippen molar-refractivity contribution in [1.29, 1.82) is 0 Å². The molecule has 20 heavy (non-hydrogen) atoms. The number of para-hydroxylation sites is 1. The second-order valence-electron chi connectivity index (χ2n) is 3.83. The summed E-state index contributed by atoms with van der Waals surface area (Å²) in [6.45, 7) is 0.